The summed E-state index contributed by atoms with van der Waals surface area (Å²) in [7, 11) is 0. The largest absolute Gasteiger partial charge is 0.466 e. The Kier molecular flexibility index (Phi) is 6.15. The maximum Gasteiger partial charge on any atom is 0.307 e. The van der Waals surface area contributed by atoms with Crippen molar-refractivity contribution in [2.75, 3.05) is 13.2 Å². The topological polar surface area (TPSA) is 55.4 Å². The molecular weight excluding hydrogens is 249 g/mol. The number of hydrogen-bond acceptors (Lipinski definition) is 4. The lowest BCUT2D eigenvalue weighted by Gasteiger charge is -2.15. The van der Waals surface area contributed by atoms with E-state index in [1.165, 1.54) is 24.3 Å². The molecule has 0 aromatic heterocycles. The predicted octanol–water partition coefficient (Wildman–Crippen LogP) is 1.94. The van der Waals surface area contributed by atoms with Crippen molar-refractivity contribution in [2.45, 2.75) is 26.3 Å². The minimum atomic E-state index is -0.644. The Morgan fingerprint density at radius 2 is 1.89 bits per heavy atom. The lowest BCUT2D eigenvalue weighted by Crippen LogP contribution is -2.39. The second-order valence-electron chi connectivity index (χ2n) is 3.99. The van der Waals surface area contributed by atoms with Gasteiger partial charge < -0.3 is 10.1 Å². The Bertz CT molecular complexity index is 431. The summed E-state index contributed by atoms with van der Waals surface area (Å²) in [4.78, 5) is 23.6. The Hall–Kier alpha value is -1.75. The summed E-state index contributed by atoms with van der Waals surface area (Å²) >= 11 is 0. The van der Waals surface area contributed by atoms with Crippen LogP contribution in [0.15, 0.2) is 24.3 Å². The SMILES string of the molecule is CCNC(CC(=O)OCC)C(=O)c1ccc(F)cc1. The molecule has 0 aliphatic carbocycles. The first-order valence-corrected chi connectivity index (χ1v) is 6.27. The molecule has 0 heterocycles. The van der Waals surface area contributed by atoms with Crippen LogP contribution in [-0.2, 0) is 9.53 Å². The molecule has 0 aliphatic rings. The van der Waals surface area contributed by atoms with Crippen LogP contribution in [0.25, 0.3) is 0 Å². The van der Waals surface area contributed by atoms with Crippen LogP contribution in [0, 0.1) is 5.82 Å². The predicted molar refractivity (Wildman–Crippen MR) is 69.4 cm³/mol. The first-order chi connectivity index (χ1) is 9.08. The molecule has 0 radical (unpaired) electrons. The number of carbonyl (C=O) groups excluding carboxylic acids is 2. The third kappa shape index (κ3) is 4.79. The number of benzene rings is 1. The fourth-order valence-corrected chi connectivity index (χ4v) is 1.71. The van der Waals surface area contributed by atoms with Crippen LogP contribution in [0.3, 0.4) is 0 Å². The normalized spacial score (nSPS) is 11.9. The van der Waals surface area contributed by atoms with Gasteiger partial charge in [0.1, 0.15) is 5.82 Å². The van der Waals surface area contributed by atoms with Gasteiger partial charge in [0.25, 0.3) is 0 Å². The third-order valence-corrected chi connectivity index (χ3v) is 2.57. The van der Waals surface area contributed by atoms with Crippen molar-refractivity contribution in [3.63, 3.8) is 0 Å². The van der Waals surface area contributed by atoms with Crippen LogP contribution in [0.1, 0.15) is 30.6 Å². The molecule has 1 unspecified atom stereocenters. The van der Waals surface area contributed by atoms with E-state index >= 15 is 0 Å². The van der Waals surface area contributed by atoms with Crippen LogP contribution in [-0.4, -0.2) is 30.9 Å². The maximum atomic E-state index is 12.8. The Balaban J connectivity index is 2.77. The van der Waals surface area contributed by atoms with E-state index in [1.807, 2.05) is 6.92 Å². The smallest absolute Gasteiger partial charge is 0.307 e. The molecule has 1 atom stereocenters. The maximum absolute atomic E-state index is 12.8. The highest BCUT2D eigenvalue weighted by Gasteiger charge is 2.22. The first kappa shape index (κ1) is 15.3. The van der Waals surface area contributed by atoms with Gasteiger partial charge in [-0.25, -0.2) is 4.39 Å². The van der Waals surface area contributed by atoms with Crippen molar-refractivity contribution in [3.8, 4) is 0 Å². The summed E-state index contributed by atoms with van der Waals surface area (Å²) < 4.78 is 17.6. The van der Waals surface area contributed by atoms with Crippen LogP contribution < -0.4 is 5.32 Å². The molecule has 1 aromatic carbocycles. The van der Waals surface area contributed by atoms with E-state index in [9.17, 15) is 14.0 Å². The van der Waals surface area contributed by atoms with E-state index in [4.69, 9.17) is 4.74 Å². The van der Waals surface area contributed by atoms with E-state index in [2.05, 4.69) is 5.32 Å². The number of likely N-dealkylation sites (N-methyl/N-ethyl adjacent to an activating group) is 1. The van der Waals surface area contributed by atoms with E-state index in [0.29, 0.717) is 12.1 Å². The van der Waals surface area contributed by atoms with Gasteiger partial charge in [0.05, 0.1) is 19.1 Å². The van der Waals surface area contributed by atoms with E-state index < -0.39 is 17.8 Å². The average Bonchev–Trinajstić information content (AvgIpc) is 2.38. The number of halogens is 1. The molecule has 1 N–H and O–H groups in total. The molecule has 0 saturated carbocycles. The molecule has 0 bridgehead atoms. The van der Waals surface area contributed by atoms with Crippen LogP contribution in [0.4, 0.5) is 4.39 Å². The van der Waals surface area contributed by atoms with Gasteiger partial charge in [0.2, 0.25) is 0 Å². The Morgan fingerprint density at radius 1 is 1.26 bits per heavy atom. The van der Waals surface area contributed by atoms with Gasteiger partial charge in [0.15, 0.2) is 5.78 Å². The molecule has 4 nitrogen and oxygen atoms in total. The summed E-state index contributed by atoms with van der Waals surface area (Å²) in [6.45, 7) is 4.39. The van der Waals surface area contributed by atoms with Crippen molar-refractivity contribution in [1.29, 1.82) is 0 Å². The molecule has 0 amide bonds. The number of esters is 1. The van der Waals surface area contributed by atoms with Crippen molar-refractivity contribution < 1.29 is 18.7 Å². The van der Waals surface area contributed by atoms with E-state index in [0.717, 1.165) is 0 Å². The number of rotatable bonds is 7. The lowest BCUT2D eigenvalue weighted by atomic mass is 10.0. The number of hydrogen-bond donors (Lipinski definition) is 1. The van der Waals surface area contributed by atoms with Gasteiger partial charge in [-0.15, -0.1) is 0 Å². The van der Waals surface area contributed by atoms with Crippen molar-refractivity contribution in [3.05, 3.63) is 35.6 Å². The zero-order valence-corrected chi connectivity index (χ0v) is 11.1. The second-order valence-corrected chi connectivity index (χ2v) is 3.99. The molecule has 1 aromatic rings. The van der Waals surface area contributed by atoms with Crippen LogP contribution >= 0.6 is 0 Å². The monoisotopic (exact) mass is 267 g/mol. The fourth-order valence-electron chi connectivity index (χ4n) is 1.71. The van der Waals surface area contributed by atoms with Crippen LogP contribution in [0.2, 0.25) is 0 Å². The molecular formula is C14H18FNO3. The van der Waals surface area contributed by atoms with E-state index in [-0.39, 0.29) is 18.8 Å². The third-order valence-electron chi connectivity index (χ3n) is 2.57. The molecule has 0 aliphatic heterocycles. The fraction of sp³-hybridized carbons (Fsp3) is 0.429. The Morgan fingerprint density at radius 3 is 2.42 bits per heavy atom. The van der Waals surface area contributed by atoms with Gasteiger partial charge in [-0.3, -0.25) is 9.59 Å². The summed E-state index contributed by atoms with van der Waals surface area (Å²) in [5.41, 5.74) is 0.372. The first-order valence-electron chi connectivity index (χ1n) is 6.27. The van der Waals surface area contributed by atoms with Crippen molar-refractivity contribution in [2.24, 2.45) is 0 Å². The lowest BCUT2D eigenvalue weighted by molar-refractivity contribution is -0.143. The second kappa shape index (κ2) is 7.63. The van der Waals surface area contributed by atoms with Gasteiger partial charge in [-0.05, 0) is 37.7 Å². The molecule has 5 heteroatoms. The summed E-state index contributed by atoms with van der Waals surface area (Å²) in [5.74, 6) is -1.07. The highest BCUT2D eigenvalue weighted by molar-refractivity contribution is 6.01. The zero-order chi connectivity index (χ0) is 14.3. The highest BCUT2D eigenvalue weighted by atomic mass is 19.1. The summed E-state index contributed by atoms with van der Waals surface area (Å²) in [6, 6.07) is 4.62. The number of Topliss-reactive ketones (excluding diaryl/α,β-unsaturated/α-hetero) is 1. The number of carbonyl (C=O) groups is 2. The quantitative estimate of drug-likeness (QED) is 0.606. The van der Waals surface area contributed by atoms with Gasteiger partial charge >= 0.3 is 5.97 Å². The molecule has 0 fully saturated rings. The standard InChI is InChI=1S/C14H18FNO3/c1-3-16-12(9-13(17)19-4-2)14(18)10-5-7-11(15)8-6-10/h5-8,12,16H,3-4,9H2,1-2H3. The molecule has 104 valence electrons. The van der Waals surface area contributed by atoms with Gasteiger partial charge in [-0.2, -0.15) is 0 Å². The summed E-state index contributed by atoms with van der Waals surface area (Å²) in [6.07, 6.45) is -0.0299. The van der Waals surface area contributed by atoms with Gasteiger partial charge in [0, 0.05) is 5.56 Å². The highest BCUT2D eigenvalue weighted by Crippen LogP contribution is 2.09. The zero-order valence-electron chi connectivity index (χ0n) is 11.1. The van der Waals surface area contributed by atoms with Crippen molar-refractivity contribution >= 4 is 11.8 Å². The Labute approximate surface area is 112 Å². The molecule has 0 spiro atoms. The molecule has 1 rings (SSSR count). The number of ether oxygens (including phenoxy) is 1. The van der Waals surface area contributed by atoms with E-state index in [1.54, 1.807) is 6.92 Å². The van der Waals surface area contributed by atoms with Crippen molar-refractivity contribution in [1.82, 2.24) is 5.32 Å². The average molecular weight is 267 g/mol. The minimum absolute atomic E-state index is 0.0299. The van der Waals surface area contributed by atoms with Crippen LogP contribution in [0.5, 0.6) is 0 Å². The van der Waals surface area contributed by atoms with Gasteiger partial charge in [-0.1, -0.05) is 6.92 Å². The molecule has 19 heavy (non-hydrogen) atoms. The summed E-state index contributed by atoms with van der Waals surface area (Å²) in [5, 5.41) is 2.94. The number of ketones is 1. The minimum Gasteiger partial charge on any atom is -0.466 e. The molecule has 0 saturated heterocycles. The number of nitrogens with one attached hydrogen (secondary N) is 1.